The predicted octanol–water partition coefficient (Wildman–Crippen LogP) is 4.32. The molecule has 0 spiro atoms. The number of carbonyl (C=O) groups excluding carboxylic acids is 3. The molecule has 3 atom stereocenters. The summed E-state index contributed by atoms with van der Waals surface area (Å²) in [6.45, 7) is 12.7. The van der Waals surface area contributed by atoms with Gasteiger partial charge < -0.3 is 20.6 Å². The SMILES string of the molecule is CC(NC(=O)C1(F)CC1)C(C)(C)C.CCCc1cc(-c2scnc2C)ccc1CNC(=O)C1CC(O)CN1C=O. The number of aryl methyl sites for hydroxylation is 2. The molecule has 3 amide bonds. The Bertz CT molecular complexity index is 1190. The molecule has 10 heteroatoms. The Morgan fingerprint density at radius 1 is 1.30 bits per heavy atom. The lowest BCUT2D eigenvalue weighted by Crippen LogP contribution is -2.45. The molecule has 4 rings (SSSR count). The molecule has 3 unspecified atom stereocenters. The van der Waals surface area contributed by atoms with Crippen LogP contribution in [0.5, 0.6) is 0 Å². The van der Waals surface area contributed by atoms with E-state index in [2.05, 4.69) is 40.7 Å². The van der Waals surface area contributed by atoms with Gasteiger partial charge in [-0.2, -0.15) is 0 Å². The van der Waals surface area contributed by atoms with Crippen molar-refractivity contribution in [1.82, 2.24) is 20.5 Å². The average molecular weight is 575 g/mol. The van der Waals surface area contributed by atoms with E-state index in [1.165, 1.54) is 15.3 Å². The van der Waals surface area contributed by atoms with Crippen molar-refractivity contribution in [3.8, 4) is 10.4 Å². The second-order valence-corrected chi connectivity index (χ2v) is 12.8. The molecule has 40 heavy (non-hydrogen) atoms. The summed E-state index contributed by atoms with van der Waals surface area (Å²) in [6, 6.07) is 5.72. The Morgan fingerprint density at radius 3 is 2.55 bits per heavy atom. The number of rotatable bonds is 9. The quantitative estimate of drug-likeness (QED) is 0.387. The zero-order chi connectivity index (χ0) is 29.7. The van der Waals surface area contributed by atoms with Gasteiger partial charge in [-0.15, -0.1) is 11.3 Å². The number of hydrogen-bond acceptors (Lipinski definition) is 6. The van der Waals surface area contributed by atoms with Crippen molar-refractivity contribution in [2.75, 3.05) is 6.54 Å². The van der Waals surface area contributed by atoms with Crippen LogP contribution >= 0.6 is 11.3 Å². The van der Waals surface area contributed by atoms with Gasteiger partial charge in [-0.1, -0.05) is 46.2 Å². The summed E-state index contributed by atoms with van der Waals surface area (Å²) >= 11 is 1.63. The summed E-state index contributed by atoms with van der Waals surface area (Å²) in [6.07, 6.45) is 3.00. The highest BCUT2D eigenvalue weighted by Gasteiger charge is 2.51. The average Bonchev–Trinajstić information content (AvgIpc) is 3.32. The lowest BCUT2D eigenvalue weighted by molar-refractivity contribution is -0.131. The van der Waals surface area contributed by atoms with Crippen LogP contribution in [0, 0.1) is 12.3 Å². The molecule has 1 aliphatic heterocycles. The number of aliphatic hydroxyl groups is 1. The number of halogens is 1. The fourth-order valence-corrected chi connectivity index (χ4v) is 5.21. The molecule has 2 heterocycles. The van der Waals surface area contributed by atoms with E-state index in [-0.39, 0.29) is 30.3 Å². The van der Waals surface area contributed by atoms with Crippen molar-refractivity contribution in [3.05, 3.63) is 40.5 Å². The van der Waals surface area contributed by atoms with Crippen LogP contribution in [0.3, 0.4) is 0 Å². The zero-order valence-electron chi connectivity index (χ0n) is 24.4. The van der Waals surface area contributed by atoms with E-state index in [0.29, 0.717) is 25.8 Å². The number of nitrogens with one attached hydrogen (secondary N) is 2. The van der Waals surface area contributed by atoms with E-state index >= 15 is 0 Å². The Hall–Kier alpha value is -2.85. The largest absolute Gasteiger partial charge is 0.391 e. The lowest BCUT2D eigenvalue weighted by Gasteiger charge is -2.28. The number of aliphatic hydroxyl groups excluding tert-OH is 1. The van der Waals surface area contributed by atoms with Gasteiger partial charge in [-0.05, 0) is 61.3 Å². The van der Waals surface area contributed by atoms with E-state index in [0.717, 1.165) is 29.7 Å². The van der Waals surface area contributed by atoms with Gasteiger partial charge in [0.05, 0.1) is 22.2 Å². The third kappa shape index (κ3) is 8.10. The third-order valence-electron chi connectivity index (χ3n) is 7.68. The first kappa shape index (κ1) is 31.7. The summed E-state index contributed by atoms with van der Waals surface area (Å²) in [5, 5.41) is 15.3. The van der Waals surface area contributed by atoms with Crippen molar-refractivity contribution >= 4 is 29.6 Å². The molecule has 220 valence electrons. The van der Waals surface area contributed by atoms with Gasteiger partial charge in [0.25, 0.3) is 5.91 Å². The van der Waals surface area contributed by atoms with Crippen LogP contribution in [-0.2, 0) is 27.3 Å². The number of β-amino-alcohol motifs (C(OH)–C–C–N with tert-alkyl or cyclic N) is 1. The van der Waals surface area contributed by atoms with Gasteiger partial charge in [0.15, 0.2) is 5.67 Å². The minimum Gasteiger partial charge on any atom is -0.391 e. The van der Waals surface area contributed by atoms with Gasteiger partial charge in [-0.25, -0.2) is 9.37 Å². The van der Waals surface area contributed by atoms with E-state index in [9.17, 15) is 23.9 Å². The molecule has 1 aromatic carbocycles. The Kier molecular flexibility index (Phi) is 10.5. The fourth-order valence-electron chi connectivity index (χ4n) is 4.41. The normalized spacial score (nSPS) is 20.2. The van der Waals surface area contributed by atoms with E-state index < -0.39 is 23.7 Å². The van der Waals surface area contributed by atoms with Crippen LogP contribution in [0.2, 0.25) is 0 Å². The lowest BCUT2D eigenvalue weighted by atomic mass is 9.88. The molecule has 2 aliphatic rings. The Labute approximate surface area is 240 Å². The second-order valence-electron chi connectivity index (χ2n) is 12.0. The third-order valence-corrected chi connectivity index (χ3v) is 8.66. The molecule has 2 fully saturated rings. The van der Waals surface area contributed by atoms with Crippen LogP contribution in [0.1, 0.15) is 77.1 Å². The predicted molar refractivity (Wildman–Crippen MR) is 155 cm³/mol. The number of hydrogen-bond donors (Lipinski definition) is 3. The van der Waals surface area contributed by atoms with Gasteiger partial charge in [0.1, 0.15) is 6.04 Å². The summed E-state index contributed by atoms with van der Waals surface area (Å²) in [5.74, 6) is -0.654. The summed E-state index contributed by atoms with van der Waals surface area (Å²) < 4.78 is 13.2. The molecule has 1 aliphatic carbocycles. The zero-order valence-corrected chi connectivity index (χ0v) is 25.2. The van der Waals surface area contributed by atoms with Crippen molar-refractivity contribution < 1.29 is 23.9 Å². The first-order valence-electron chi connectivity index (χ1n) is 14.0. The van der Waals surface area contributed by atoms with Crippen LogP contribution in [0.15, 0.2) is 23.7 Å². The molecule has 1 aromatic heterocycles. The van der Waals surface area contributed by atoms with Crippen LogP contribution in [-0.4, -0.2) is 63.6 Å². The van der Waals surface area contributed by atoms with Gasteiger partial charge >= 0.3 is 0 Å². The van der Waals surface area contributed by atoms with Gasteiger partial charge in [0, 0.05) is 25.6 Å². The minimum absolute atomic E-state index is 0.00762. The number of alkyl halides is 1. The topological polar surface area (TPSA) is 112 Å². The highest BCUT2D eigenvalue weighted by molar-refractivity contribution is 7.13. The van der Waals surface area contributed by atoms with Crippen molar-refractivity contribution in [1.29, 1.82) is 0 Å². The molecule has 2 aromatic rings. The molecule has 8 nitrogen and oxygen atoms in total. The maximum atomic E-state index is 13.2. The van der Waals surface area contributed by atoms with Gasteiger partial charge in [-0.3, -0.25) is 14.4 Å². The first-order valence-corrected chi connectivity index (χ1v) is 14.9. The van der Waals surface area contributed by atoms with Crippen LogP contribution in [0.25, 0.3) is 10.4 Å². The van der Waals surface area contributed by atoms with E-state index in [1.807, 2.05) is 40.1 Å². The van der Waals surface area contributed by atoms with Crippen LogP contribution < -0.4 is 10.6 Å². The smallest absolute Gasteiger partial charge is 0.257 e. The standard InChI is InChI=1S/C20H25N3O3S.C10H18FNO/c1-3-4-14-7-15(19-13(2)22-11-27-19)5-6-16(14)9-21-20(26)18-8-17(25)10-23(18)12-24;1-7(9(2,3)4)12-8(13)10(11)5-6-10/h5-7,11-12,17-18,25H,3-4,8-10H2,1-2H3,(H,21,26);7H,5-6H2,1-4H3,(H,12,13). The Morgan fingerprint density at radius 2 is 2.00 bits per heavy atom. The van der Waals surface area contributed by atoms with Crippen molar-refractivity contribution in [2.45, 2.75) is 104 Å². The maximum Gasteiger partial charge on any atom is 0.257 e. The molecule has 1 saturated heterocycles. The van der Waals surface area contributed by atoms with Gasteiger partial charge in [0.2, 0.25) is 12.3 Å². The number of benzene rings is 1. The van der Waals surface area contributed by atoms with E-state index in [1.54, 1.807) is 11.3 Å². The molecule has 3 N–H and O–H groups in total. The number of likely N-dealkylation sites (tertiary alicyclic amines) is 1. The second kappa shape index (κ2) is 13.2. The molecule has 0 radical (unpaired) electrons. The number of thiazole rings is 1. The molecule has 1 saturated carbocycles. The summed E-state index contributed by atoms with van der Waals surface area (Å²) in [4.78, 5) is 41.7. The fraction of sp³-hybridized carbons (Fsp3) is 0.600. The number of aromatic nitrogens is 1. The minimum atomic E-state index is -1.54. The molecular formula is C30H43FN4O4S. The maximum absolute atomic E-state index is 13.2. The Balaban J connectivity index is 0.000000285. The van der Waals surface area contributed by atoms with Crippen molar-refractivity contribution in [3.63, 3.8) is 0 Å². The van der Waals surface area contributed by atoms with Crippen LogP contribution in [0.4, 0.5) is 4.39 Å². The van der Waals surface area contributed by atoms with Crippen molar-refractivity contribution in [2.24, 2.45) is 5.41 Å². The monoisotopic (exact) mass is 574 g/mol. The number of carbonyl (C=O) groups is 3. The first-order chi connectivity index (χ1) is 18.8. The summed E-state index contributed by atoms with van der Waals surface area (Å²) in [5.41, 5.74) is 4.76. The van der Waals surface area contributed by atoms with E-state index in [4.69, 9.17) is 0 Å². The molecule has 0 bridgehead atoms. The highest BCUT2D eigenvalue weighted by Crippen LogP contribution is 2.40. The highest BCUT2D eigenvalue weighted by atomic mass is 32.1. The number of amides is 3. The molecular weight excluding hydrogens is 531 g/mol. The number of nitrogens with zero attached hydrogens (tertiary/aromatic N) is 2. The summed E-state index contributed by atoms with van der Waals surface area (Å²) in [7, 11) is 0.